The molecular weight excluding hydrogens is 284 g/mol. The van der Waals surface area contributed by atoms with Crippen LogP contribution < -0.4 is 4.90 Å². The number of para-hydroxylation sites is 2. The Labute approximate surface area is 136 Å². The minimum absolute atomic E-state index is 0.189. The van der Waals surface area contributed by atoms with Gasteiger partial charge in [-0.3, -0.25) is 4.79 Å². The summed E-state index contributed by atoms with van der Waals surface area (Å²) in [5, 5.41) is 1.19. The normalized spacial score (nSPS) is 13.6. The number of benzene rings is 2. The maximum absolute atomic E-state index is 12.9. The topological polar surface area (TPSA) is 25.2 Å². The summed E-state index contributed by atoms with van der Waals surface area (Å²) in [5.74, 6) is 0.189. The molecule has 0 unspecified atom stereocenters. The molecule has 1 aromatic heterocycles. The Morgan fingerprint density at radius 2 is 1.83 bits per heavy atom. The van der Waals surface area contributed by atoms with Gasteiger partial charge in [0.05, 0.1) is 6.42 Å². The molecule has 0 spiro atoms. The summed E-state index contributed by atoms with van der Waals surface area (Å²) in [4.78, 5) is 14.8. The number of nitrogens with zero attached hydrogens (tertiary/aromatic N) is 2. The minimum Gasteiger partial charge on any atom is -0.348 e. The molecule has 1 aliphatic rings. The van der Waals surface area contributed by atoms with Gasteiger partial charge in [-0.25, -0.2) is 0 Å². The molecule has 0 aliphatic carbocycles. The summed E-state index contributed by atoms with van der Waals surface area (Å²) in [7, 11) is 2.07. The van der Waals surface area contributed by atoms with Gasteiger partial charge in [0, 0.05) is 35.9 Å². The third-order valence-electron chi connectivity index (χ3n) is 5.05. The highest BCUT2D eigenvalue weighted by molar-refractivity contribution is 5.99. The fourth-order valence-electron chi connectivity index (χ4n) is 3.67. The fourth-order valence-corrected chi connectivity index (χ4v) is 3.67. The predicted octanol–water partition coefficient (Wildman–Crippen LogP) is 3.62. The molecule has 3 aromatic rings. The molecule has 116 valence electrons. The summed E-state index contributed by atoms with van der Waals surface area (Å²) in [5.41, 5.74) is 5.87. The maximum atomic E-state index is 12.9. The van der Waals surface area contributed by atoms with Crippen LogP contribution in [0.5, 0.6) is 0 Å². The van der Waals surface area contributed by atoms with Crippen LogP contribution in [-0.2, 0) is 24.7 Å². The molecule has 0 saturated heterocycles. The van der Waals surface area contributed by atoms with Crippen molar-refractivity contribution in [1.29, 1.82) is 0 Å². The average Bonchev–Trinajstić information content (AvgIpc) is 3.11. The summed E-state index contributed by atoms with van der Waals surface area (Å²) in [6.45, 7) is 2.89. The van der Waals surface area contributed by atoms with E-state index in [1.54, 1.807) is 0 Å². The number of carbonyl (C=O) groups is 1. The van der Waals surface area contributed by atoms with Crippen molar-refractivity contribution in [2.24, 2.45) is 7.05 Å². The molecule has 3 heteroatoms. The van der Waals surface area contributed by atoms with E-state index in [0.29, 0.717) is 6.42 Å². The van der Waals surface area contributed by atoms with Gasteiger partial charge in [0.1, 0.15) is 0 Å². The molecule has 0 atom stereocenters. The van der Waals surface area contributed by atoms with Gasteiger partial charge in [-0.2, -0.15) is 0 Å². The highest BCUT2D eigenvalue weighted by Crippen LogP contribution is 2.30. The first-order chi connectivity index (χ1) is 11.2. The molecule has 0 saturated carbocycles. The zero-order valence-corrected chi connectivity index (χ0v) is 13.5. The largest absolute Gasteiger partial charge is 0.348 e. The molecule has 4 rings (SSSR count). The summed E-state index contributed by atoms with van der Waals surface area (Å²) >= 11 is 0. The van der Waals surface area contributed by atoms with Crippen LogP contribution in [0.2, 0.25) is 0 Å². The van der Waals surface area contributed by atoms with Crippen molar-refractivity contribution in [3.63, 3.8) is 0 Å². The number of hydrogen-bond donors (Lipinski definition) is 0. The molecular formula is C20H20N2O. The molecule has 23 heavy (non-hydrogen) atoms. The summed E-state index contributed by atoms with van der Waals surface area (Å²) < 4.78 is 2.18. The quantitative estimate of drug-likeness (QED) is 0.710. The van der Waals surface area contributed by atoms with Crippen LogP contribution in [0, 0.1) is 6.92 Å². The highest BCUT2D eigenvalue weighted by atomic mass is 16.2. The van der Waals surface area contributed by atoms with Crippen molar-refractivity contribution in [3.8, 4) is 0 Å². The molecule has 1 amide bonds. The second-order valence-electron chi connectivity index (χ2n) is 6.24. The van der Waals surface area contributed by atoms with Crippen molar-refractivity contribution in [1.82, 2.24) is 4.57 Å². The van der Waals surface area contributed by atoms with E-state index >= 15 is 0 Å². The lowest BCUT2D eigenvalue weighted by atomic mass is 10.1. The number of rotatable bonds is 2. The second kappa shape index (κ2) is 5.27. The Morgan fingerprint density at radius 3 is 2.70 bits per heavy atom. The zero-order valence-electron chi connectivity index (χ0n) is 13.5. The molecule has 2 heterocycles. The standard InChI is InChI=1S/C20H20N2O/c1-14-17(16-8-4-6-10-19(16)21(14)2)13-20(23)22-12-11-15-7-3-5-9-18(15)22/h3-10H,11-13H2,1-2H3. The van der Waals surface area contributed by atoms with Crippen molar-refractivity contribution < 1.29 is 4.79 Å². The summed E-state index contributed by atoms with van der Waals surface area (Å²) in [6, 6.07) is 16.5. The number of amides is 1. The van der Waals surface area contributed by atoms with E-state index in [1.165, 1.54) is 22.2 Å². The number of hydrogen-bond acceptors (Lipinski definition) is 1. The van der Waals surface area contributed by atoms with Crippen molar-refractivity contribution >= 4 is 22.5 Å². The van der Waals surface area contributed by atoms with Gasteiger partial charge in [-0.1, -0.05) is 36.4 Å². The van der Waals surface area contributed by atoms with Crippen LogP contribution in [0.4, 0.5) is 5.69 Å². The van der Waals surface area contributed by atoms with Crippen LogP contribution in [-0.4, -0.2) is 17.0 Å². The van der Waals surface area contributed by atoms with Crippen molar-refractivity contribution in [3.05, 3.63) is 65.4 Å². The first-order valence-corrected chi connectivity index (χ1v) is 8.08. The number of fused-ring (bicyclic) bond motifs is 2. The van der Waals surface area contributed by atoms with E-state index in [0.717, 1.165) is 24.2 Å². The van der Waals surface area contributed by atoms with Crippen LogP contribution in [0.1, 0.15) is 16.8 Å². The Balaban J connectivity index is 1.70. The van der Waals surface area contributed by atoms with Gasteiger partial charge in [0.2, 0.25) is 5.91 Å². The molecule has 0 bridgehead atoms. The first kappa shape index (κ1) is 14.1. The number of aromatic nitrogens is 1. The third kappa shape index (κ3) is 2.15. The second-order valence-corrected chi connectivity index (χ2v) is 6.24. The molecule has 0 radical (unpaired) electrons. The van der Waals surface area contributed by atoms with Crippen molar-refractivity contribution in [2.75, 3.05) is 11.4 Å². The lowest BCUT2D eigenvalue weighted by Gasteiger charge is -2.17. The smallest absolute Gasteiger partial charge is 0.231 e. The Bertz CT molecular complexity index is 907. The van der Waals surface area contributed by atoms with E-state index in [-0.39, 0.29) is 5.91 Å². The van der Waals surface area contributed by atoms with E-state index in [9.17, 15) is 4.79 Å². The molecule has 0 fully saturated rings. The van der Waals surface area contributed by atoms with E-state index in [1.807, 2.05) is 29.2 Å². The third-order valence-corrected chi connectivity index (χ3v) is 5.05. The van der Waals surface area contributed by atoms with E-state index in [4.69, 9.17) is 0 Å². The van der Waals surface area contributed by atoms with Crippen molar-refractivity contribution in [2.45, 2.75) is 19.8 Å². The highest BCUT2D eigenvalue weighted by Gasteiger charge is 2.25. The van der Waals surface area contributed by atoms with Crippen LogP contribution in [0.3, 0.4) is 0 Å². The lowest BCUT2D eigenvalue weighted by Crippen LogP contribution is -2.30. The predicted molar refractivity (Wildman–Crippen MR) is 93.9 cm³/mol. The van der Waals surface area contributed by atoms with Gasteiger partial charge in [-0.05, 0) is 36.6 Å². The number of anilines is 1. The molecule has 3 nitrogen and oxygen atoms in total. The Kier molecular flexibility index (Phi) is 3.22. The maximum Gasteiger partial charge on any atom is 0.231 e. The zero-order chi connectivity index (χ0) is 16.0. The van der Waals surface area contributed by atoms with E-state index in [2.05, 4.69) is 42.8 Å². The first-order valence-electron chi connectivity index (χ1n) is 8.08. The fraction of sp³-hybridized carbons (Fsp3) is 0.250. The SMILES string of the molecule is Cc1c(CC(=O)N2CCc3ccccc32)c2ccccc2n1C. The van der Waals surface area contributed by atoms with E-state index < -0.39 is 0 Å². The van der Waals surface area contributed by atoms with Gasteiger partial charge in [0.25, 0.3) is 0 Å². The lowest BCUT2D eigenvalue weighted by molar-refractivity contribution is -0.117. The monoisotopic (exact) mass is 304 g/mol. The van der Waals surface area contributed by atoms with Crippen LogP contribution >= 0.6 is 0 Å². The molecule has 2 aromatic carbocycles. The van der Waals surface area contributed by atoms with Crippen LogP contribution in [0.25, 0.3) is 10.9 Å². The number of carbonyl (C=O) groups excluding carboxylic acids is 1. The van der Waals surface area contributed by atoms with Gasteiger partial charge < -0.3 is 9.47 Å². The molecule has 1 aliphatic heterocycles. The van der Waals surface area contributed by atoms with Crippen LogP contribution in [0.15, 0.2) is 48.5 Å². The van der Waals surface area contributed by atoms with Gasteiger partial charge >= 0.3 is 0 Å². The summed E-state index contributed by atoms with van der Waals surface area (Å²) in [6.07, 6.45) is 1.41. The number of aryl methyl sites for hydroxylation is 1. The Morgan fingerprint density at radius 1 is 1.09 bits per heavy atom. The van der Waals surface area contributed by atoms with Gasteiger partial charge in [0.15, 0.2) is 0 Å². The minimum atomic E-state index is 0.189. The Hall–Kier alpha value is -2.55. The van der Waals surface area contributed by atoms with Gasteiger partial charge in [-0.15, -0.1) is 0 Å². The average molecular weight is 304 g/mol. The molecule has 0 N–H and O–H groups in total.